The molecule has 3 nitrogen and oxygen atoms in total. The average Bonchev–Trinajstić information content (AvgIpc) is 3.05. The maximum Gasteiger partial charge on any atom is 0.255 e. The van der Waals surface area contributed by atoms with E-state index in [0.717, 1.165) is 17.8 Å². The van der Waals surface area contributed by atoms with Gasteiger partial charge in [-0.1, -0.05) is 12.1 Å². The smallest absolute Gasteiger partial charge is 0.255 e. The molecule has 1 aromatic heterocycles. The number of carbonyl (C=O) groups is 1. The largest absolute Gasteiger partial charge is 0.324 e. The van der Waals surface area contributed by atoms with E-state index in [4.69, 9.17) is 0 Å². The normalized spacial score (nSPS) is 10.5. The molecule has 0 spiro atoms. The van der Waals surface area contributed by atoms with Gasteiger partial charge in [-0.25, -0.2) is 8.78 Å². The number of para-hydroxylation sites is 1. The summed E-state index contributed by atoms with van der Waals surface area (Å²) in [5.74, 6) is -2.19. The van der Waals surface area contributed by atoms with Crippen molar-refractivity contribution >= 4 is 11.6 Å². The predicted octanol–water partition coefficient (Wildman–Crippen LogP) is 4.01. The second kappa shape index (κ2) is 5.81. The van der Waals surface area contributed by atoms with Crippen molar-refractivity contribution in [2.24, 2.45) is 0 Å². The van der Waals surface area contributed by atoms with Gasteiger partial charge in [-0.2, -0.15) is 0 Å². The third kappa shape index (κ3) is 2.74. The third-order valence-corrected chi connectivity index (χ3v) is 3.21. The number of amides is 1. The Kier molecular flexibility index (Phi) is 3.70. The van der Waals surface area contributed by atoms with Crippen molar-refractivity contribution in [2.75, 3.05) is 5.32 Å². The van der Waals surface area contributed by atoms with E-state index in [1.165, 1.54) is 6.07 Å². The van der Waals surface area contributed by atoms with Crippen LogP contribution < -0.4 is 5.32 Å². The van der Waals surface area contributed by atoms with Gasteiger partial charge in [0.25, 0.3) is 5.91 Å². The lowest BCUT2D eigenvalue weighted by Gasteiger charge is -2.09. The highest BCUT2D eigenvalue weighted by Crippen LogP contribution is 2.19. The van der Waals surface area contributed by atoms with Crippen LogP contribution in [-0.2, 0) is 0 Å². The van der Waals surface area contributed by atoms with Crippen LogP contribution in [0, 0.1) is 11.6 Å². The standard InChI is InChI=1S/C17H12F2N2O/c18-14-7-4-8-15(19)16(14)20-17(22)12-5-3-6-13(11-12)21-9-1-2-10-21/h1-11H,(H,20,22). The van der Waals surface area contributed by atoms with Crippen molar-refractivity contribution < 1.29 is 13.6 Å². The van der Waals surface area contributed by atoms with Gasteiger partial charge in [0.2, 0.25) is 0 Å². The van der Waals surface area contributed by atoms with Crippen LogP contribution in [0.3, 0.4) is 0 Å². The quantitative estimate of drug-likeness (QED) is 0.779. The Labute approximate surface area is 125 Å². The molecule has 0 saturated heterocycles. The third-order valence-electron chi connectivity index (χ3n) is 3.21. The van der Waals surface area contributed by atoms with Gasteiger partial charge in [-0.15, -0.1) is 0 Å². The number of rotatable bonds is 3. The van der Waals surface area contributed by atoms with E-state index < -0.39 is 23.2 Å². The van der Waals surface area contributed by atoms with Crippen molar-refractivity contribution in [3.05, 3.63) is 84.2 Å². The molecular formula is C17H12F2N2O. The number of aromatic nitrogens is 1. The van der Waals surface area contributed by atoms with E-state index in [9.17, 15) is 13.6 Å². The van der Waals surface area contributed by atoms with Gasteiger partial charge in [0, 0.05) is 23.6 Å². The summed E-state index contributed by atoms with van der Waals surface area (Å²) in [6.07, 6.45) is 3.68. The van der Waals surface area contributed by atoms with E-state index in [2.05, 4.69) is 5.32 Å². The van der Waals surface area contributed by atoms with Crippen molar-refractivity contribution in [2.45, 2.75) is 0 Å². The summed E-state index contributed by atoms with van der Waals surface area (Å²) in [6, 6.07) is 13.9. The molecule has 0 bridgehead atoms. The molecule has 22 heavy (non-hydrogen) atoms. The Balaban J connectivity index is 1.88. The molecule has 0 aliphatic heterocycles. The van der Waals surface area contributed by atoms with E-state index in [1.54, 1.807) is 18.2 Å². The van der Waals surface area contributed by atoms with Crippen molar-refractivity contribution in [3.63, 3.8) is 0 Å². The predicted molar refractivity (Wildman–Crippen MR) is 80.1 cm³/mol. The van der Waals surface area contributed by atoms with E-state index in [1.807, 2.05) is 35.2 Å². The number of hydrogen-bond acceptors (Lipinski definition) is 1. The number of hydrogen-bond donors (Lipinski definition) is 1. The summed E-state index contributed by atoms with van der Waals surface area (Å²) < 4.78 is 29.0. The lowest BCUT2D eigenvalue weighted by molar-refractivity contribution is 0.102. The van der Waals surface area contributed by atoms with Crippen LogP contribution in [0.1, 0.15) is 10.4 Å². The minimum atomic E-state index is -0.810. The number of benzene rings is 2. The molecule has 0 fully saturated rings. The Hall–Kier alpha value is -2.95. The fraction of sp³-hybridized carbons (Fsp3) is 0. The first-order valence-corrected chi connectivity index (χ1v) is 6.64. The number of anilines is 1. The van der Waals surface area contributed by atoms with Gasteiger partial charge < -0.3 is 9.88 Å². The SMILES string of the molecule is O=C(Nc1c(F)cccc1F)c1cccc(-n2cccc2)c1. The highest BCUT2D eigenvalue weighted by atomic mass is 19.1. The Morgan fingerprint density at radius 2 is 1.55 bits per heavy atom. The maximum absolute atomic E-state index is 13.6. The van der Waals surface area contributed by atoms with Crippen molar-refractivity contribution in [1.29, 1.82) is 0 Å². The zero-order chi connectivity index (χ0) is 15.5. The summed E-state index contributed by atoms with van der Waals surface area (Å²) in [5, 5.41) is 2.27. The topological polar surface area (TPSA) is 34.0 Å². The first-order chi connectivity index (χ1) is 10.6. The van der Waals surface area contributed by atoms with Crippen LogP contribution >= 0.6 is 0 Å². The molecular weight excluding hydrogens is 286 g/mol. The summed E-state index contributed by atoms with van der Waals surface area (Å²) in [7, 11) is 0. The molecule has 3 rings (SSSR count). The molecule has 0 saturated carbocycles. The van der Waals surface area contributed by atoms with E-state index in [-0.39, 0.29) is 0 Å². The molecule has 0 aliphatic rings. The summed E-state index contributed by atoms with van der Waals surface area (Å²) in [4.78, 5) is 12.2. The van der Waals surface area contributed by atoms with Gasteiger partial charge in [0.15, 0.2) is 0 Å². The van der Waals surface area contributed by atoms with Crippen LogP contribution in [0.5, 0.6) is 0 Å². The van der Waals surface area contributed by atoms with Crippen LogP contribution in [-0.4, -0.2) is 10.5 Å². The lowest BCUT2D eigenvalue weighted by atomic mass is 10.1. The summed E-state index contributed by atoms with van der Waals surface area (Å²) in [6.45, 7) is 0. The molecule has 5 heteroatoms. The minimum absolute atomic E-state index is 0.314. The van der Waals surface area contributed by atoms with Gasteiger partial charge in [-0.3, -0.25) is 4.79 Å². The number of nitrogens with one attached hydrogen (secondary N) is 1. The average molecular weight is 298 g/mol. The molecule has 0 radical (unpaired) electrons. The van der Waals surface area contributed by atoms with Crippen molar-refractivity contribution in [3.8, 4) is 5.69 Å². The lowest BCUT2D eigenvalue weighted by Crippen LogP contribution is -2.14. The minimum Gasteiger partial charge on any atom is -0.324 e. The molecule has 2 aromatic carbocycles. The van der Waals surface area contributed by atoms with Gasteiger partial charge in [-0.05, 0) is 42.5 Å². The molecule has 0 aliphatic carbocycles. The molecule has 1 amide bonds. The van der Waals surface area contributed by atoms with Gasteiger partial charge >= 0.3 is 0 Å². The first kappa shape index (κ1) is 14.0. The number of nitrogens with zero attached hydrogens (tertiary/aromatic N) is 1. The number of carbonyl (C=O) groups excluding carboxylic acids is 1. The molecule has 1 N–H and O–H groups in total. The summed E-state index contributed by atoms with van der Waals surface area (Å²) >= 11 is 0. The zero-order valence-electron chi connectivity index (χ0n) is 11.5. The fourth-order valence-corrected chi connectivity index (χ4v) is 2.12. The molecule has 3 aromatic rings. The van der Waals surface area contributed by atoms with Crippen LogP contribution in [0.2, 0.25) is 0 Å². The van der Waals surface area contributed by atoms with Crippen LogP contribution in [0.25, 0.3) is 5.69 Å². The molecule has 0 unspecified atom stereocenters. The van der Waals surface area contributed by atoms with Gasteiger partial charge in [0.05, 0.1) is 0 Å². The summed E-state index contributed by atoms with van der Waals surface area (Å²) in [5.41, 5.74) is 0.652. The fourth-order valence-electron chi connectivity index (χ4n) is 2.12. The Morgan fingerprint density at radius 3 is 2.23 bits per heavy atom. The second-order valence-electron chi connectivity index (χ2n) is 4.69. The monoisotopic (exact) mass is 298 g/mol. The maximum atomic E-state index is 13.6. The highest BCUT2D eigenvalue weighted by Gasteiger charge is 2.13. The Morgan fingerprint density at radius 1 is 0.909 bits per heavy atom. The zero-order valence-corrected chi connectivity index (χ0v) is 11.5. The number of halogens is 2. The Bertz CT molecular complexity index is 793. The second-order valence-corrected chi connectivity index (χ2v) is 4.69. The molecule has 1 heterocycles. The van der Waals surface area contributed by atoms with Crippen LogP contribution in [0.4, 0.5) is 14.5 Å². The molecule has 110 valence electrons. The van der Waals surface area contributed by atoms with E-state index >= 15 is 0 Å². The van der Waals surface area contributed by atoms with Crippen molar-refractivity contribution in [1.82, 2.24) is 4.57 Å². The molecule has 0 atom stereocenters. The van der Waals surface area contributed by atoms with Crippen LogP contribution in [0.15, 0.2) is 67.0 Å². The highest BCUT2D eigenvalue weighted by molar-refractivity contribution is 6.04. The van der Waals surface area contributed by atoms with E-state index in [0.29, 0.717) is 5.56 Å². The van der Waals surface area contributed by atoms with Gasteiger partial charge in [0.1, 0.15) is 17.3 Å². The first-order valence-electron chi connectivity index (χ1n) is 6.64.